The highest BCUT2D eigenvalue weighted by atomic mass is 79.9. The lowest BCUT2D eigenvalue weighted by Crippen LogP contribution is -2.17. The van der Waals surface area contributed by atoms with E-state index in [-0.39, 0.29) is 0 Å². The van der Waals surface area contributed by atoms with Gasteiger partial charge in [-0.15, -0.1) is 0 Å². The van der Waals surface area contributed by atoms with Gasteiger partial charge in [-0.05, 0) is 48.1 Å². The number of alkyl halides is 1. The maximum absolute atomic E-state index is 3.99. The summed E-state index contributed by atoms with van der Waals surface area (Å²) in [5, 5.41) is 0. The van der Waals surface area contributed by atoms with Crippen molar-refractivity contribution in [2.24, 2.45) is 5.41 Å². The molecular weight excluding hydrogens is 308 g/mol. The summed E-state index contributed by atoms with van der Waals surface area (Å²) >= 11 is 3.99. The van der Waals surface area contributed by atoms with Crippen molar-refractivity contribution < 1.29 is 0 Å². The van der Waals surface area contributed by atoms with Crippen LogP contribution in [0.2, 0.25) is 0 Å². The van der Waals surface area contributed by atoms with E-state index < -0.39 is 0 Å². The van der Waals surface area contributed by atoms with E-state index in [2.05, 4.69) is 47.1 Å². The molecule has 0 heterocycles. The minimum Gasteiger partial charge on any atom is -0.0833 e. The first-order chi connectivity index (χ1) is 9.69. The van der Waals surface area contributed by atoms with Gasteiger partial charge in [-0.2, -0.15) is 0 Å². The highest BCUT2D eigenvalue weighted by Gasteiger charge is 2.36. The molecule has 1 aromatic rings. The standard InChI is InChI=1S/C19H27Br/c1-19(13-5-6-14-19)18(20)17-11-9-16(10-12-17)15-7-3-2-4-8-15/h9-12,15,18H,2-8,13-14H2,1H3. The van der Waals surface area contributed by atoms with Crippen molar-refractivity contribution in [1.82, 2.24) is 0 Å². The topological polar surface area (TPSA) is 0 Å². The smallest absolute Gasteiger partial charge is 0.0448 e. The van der Waals surface area contributed by atoms with Crippen molar-refractivity contribution in [3.05, 3.63) is 35.4 Å². The lowest BCUT2D eigenvalue weighted by Gasteiger charge is -2.30. The molecule has 2 saturated carbocycles. The first-order valence-corrected chi connectivity index (χ1v) is 9.34. The minimum absolute atomic E-state index is 0.465. The third-order valence-electron chi connectivity index (χ3n) is 5.66. The number of hydrogen-bond donors (Lipinski definition) is 0. The minimum atomic E-state index is 0.465. The van der Waals surface area contributed by atoms with E-state index >= 15 is 0 Å². The van der Waals surface area contributed by atoms with Gasteiger partial charge in [0.2, 0.25) is 0 Å². The predicted octanol–water partition coefficient (Wildman–Crippen LogP) is 6.75. The van der Waals surface area contributed by atoms with Crippen molar-refractivity contribution >= 4 is 15.9 Å². The Balaban J connectivity index is 1.72. The molecule has 0 nitrogen and oxygen atoms in total. The number of hydrogen-bond acceptors (Lipinski definition) is 0. The summed E-state index contributed by atoms with van der Waals surface area (Å²) < 4.78 is 0. The fourth-order valence-corrected chi connectivity index (χ4v) is 4.97. The monoisotopic (exact) mass is 334 g/mol. The summed E-state index contributed by atoms with van der Waals surface area (Å²) in [6, 6.07) is 9.57. The van der Waals surface area contributed by atoms with Crippen LogP contribution in [0.3, 0.4) is 0 Å². The average molecular weight is 335 g/mol. The number of rotatable bonds is 3. The third kappa shape index (κ3) is 2.98. The Kier molecular flexibility index (Phi) is 4.55. The van der Waals surface area contributed by atoms with E-state index in [0.29, 0.717) is 10.2 Å². The maximum Gasteiger partial charge on any atom is 0.0448 e. The molecule has 1 aromatic carbocycles. The lowest BCUT2D eigenvalue weighted by molar-refractivity contribution is 0.331. The van der Waals surface area contributed by atoms with E-state index in [0.717, 1.165) is 5.92 Å². The molecule has 1 heteroatoms. The molecule has 0 radical (unpaired) electrons. The van der Waals surface area contributed by atoms with Crippen LogP contribution in [0.4, 0.5) is 0 Å². The van der Waals surface area contributed by atoms with E-state index in [4.69, 9.17) is 0 Å². The van der Waals surface area contributed by atoms with Crippen molar-refractivity contribution in [2.75, 3.05) is 0 Å². The van der Waals surface area contributed by atoms with Crippen molar-refractivity contribution in [3.8, 4) is 0 Å². The van der Waals surface area contributed by atoms with Gasteiger partial charge in [0.25, 0.3) is 0 Å². The largest absolute Gasteiger partial charge is 0.0833 e. The first-order valence-electron chi connectivity index (χ1n) is 8.43. The molecule has 1 unspecified atom stereocenters. The second-order valence-electron chi connectivity index (χ2n) is 7.23. The van der Waals surface area contributed by atoms with E-state index in [1.165, 1.54) is 63.4 Å². The zero-order chi connectivity index (χ0) is 14.0. The molecule has 3 rings (SSSR count). The summed E-state index contributed by atoms with van der Waals surface area (Å²) in [5.74, 6) is 0.827. The Labute approximate surface area is 132 Å². The SMILES string of the molecule is CC1(C(Br)c2ccc(C3CCCCC3)cc2)CCCC1. The third-order valence-corrected chi connectivity index (χ3v) is 7.30. The molecule has 0 aliphatic heterocycles. The van der Waals surface area contributed by atoms with E-state index in [1.54, 1.807) is 5.56 Å². The van der Waals surface area contributed by atoms with Gasteiger partial charge in [0.1, 0.15) is 0 Å². The van der Waals surface area contributed by atoms with Crippen molar-refractivity contribution in [2.45, 2.75) is 75.5 Å². The van der Waals surface area contributed by atoms with Gasteiger partial charge in [-0.1, -0.05) is 79.2 Å². The normalized spacial score (nSPS) is 24.7. The Hall–Kier alpha value is -0.300. The Morgan fingerprint density at radius 1 is 0.950 bits per heavy atom. The Bertz CT molecular complexity index is 422. The summed E-state index contributed by atoms with van der Waals surface area (Å²) in [6.45, 7) is 2.45. The van der Waals surface area contributed by atoms with Gasteiger partial charge in [-0.3, -0.25) is 0 Å². The van der Waals surface area contributed by atoms with Crippen LogP contribution in [0.1, 0.15) is 86.6 Å². The quantitative estimate of drug-likeness (QED) is 0.536. The molecule has 2 fully saturated rings. The predicted molar refractivity (Wildman–Crippen MR) is 90.5 cm³/mol. The molecule has 0 aromatic heterocycles. The van der Waals surface area contributed by atoms with Crippen LogP contribution in [-0.2, 0) is 0 Å². The number of benzene rings is 1. The summed E-state index contributed by atoms with van der Waals surface area (Å²) in [7, 11) is 0. The van der Waals surface area contributed by atoms with Crippen LogP contribution in [0, 0.1) is 5.41 Å². The molecule has 0 amide bonds. The molecule has 0 N–H and O–H groups in total. The molecule has 2 aliphatic rings. The molecule has 2 aliphatic carbocycles. The molecular formula is C19H27Br. The van der Waals surface area contributed by atoms with E-state index in [9.17, 15) is 0 Å². The molecule has 0 saturated heterocycles. The van der Waals surface area contributed by atoms with Crippen LogP contribution in [-0.4, -0.2) is 0 Å². The fraction of sp³-hybridized carbons (Fsp3) is 0.684. The number of halogens is 1. The summed E-state index contributed by atoms with van der Waals surface area (Å²) in [4.78, 5) is 0.526. The van der Waals surface area contributed by atoms with Gasteiger partial charge >= 0.3 is 0 Å². The van der Waals surface area contributed by atoms with Gasteiger partial charge in [0.05, 0.1) is 0 Å². The summed E-state index contributed by atoms with van der Waals surface area (Å²) in [6.07, 6.45) is 12.6. The van der Waals surface area contributed by atoms with Crippen molar-refractivity contribution in [1.29, 1.82) is 0 Å². The highest BCUT2D eigenvalue weighted by molar-refractivity contribution is 9.09. The van der Waals surface area contributed by atoms with Crippen LogP contribution >= 0.6 is 15.9 Å². The van der Waals surface area contributed by atoms with E-state index in [1.807, 2.05) is 0 Å². The Morgan fingerprint density at radius 3 is 2.15 bits per heavy atom. The second kappa shape index (κ2) is 6.22. The lowest BCUT2D eigenvalue weighted by atomic mass is 9.80. The molecule has 0 bridgehead atoms. The van der Waals surface area contributed by atoms with Crippen LogP contribution in [0.5, 0.6) is 0 Å². The zero-order valence-corrected chi connectivity index (χ0v) is 14.3. The second-order valence-corrected chi connectivity index (χ2v) is 8.14. The van der Waals surface area contributed by atoms with Gasteiger partial charge in [-0.25, -0.2) is 0 Å². The van der Waals surface area contributed by atoms with Crippen LogP contribution < -0.4 is 0 Å². The maximum atomic E-state index is 3.99. The van der Waals surface area contributed by atoms with Crippen LogP contribution in [0.15, 0.2) is 24.3 Å². The molecule has 110 valence electrons. The average Bonchev–Trinajstić information content (AvgIpc) is 2.96. The van der Waals surface area contributed by atoms with Gasteiger partial charge in [0.15, 0.2) is 0 Å². The van der Waals surface area contributed by atoms with Crippen LogP contribution in [0.25, 0.3) is 0 Å². The van der Waals surface area contributed by atoms with Gasteiger partial charge < -0.3 is 0 Å². The van der Waals surface area contributed by atoms with Gasteiger partial charge in [0, 0.05) is 4.83 Å². The molecule has 20 heavy (non-hydrogen) atoms. The highest BCUT2D eigenvalue weighted by Crippen LogP contribution is 2.51. The molecule has 0 spiro atoms. The van der Waals surface area contributed by atoms with Crippen molar-refractivity contribution in [3.63, 3.8) is 0 Å². The molecule has 1 atom stereocenters. The summed E-state index contributed by atoms with van der Waals surface area (Å²) in [5.41, 5.74) is 3.52. The zero-order valence-electron chi connectivity index (χ0n) is 12.7. The Morgan fingerprint density at radius 2 is 1.55 bits per heavy atom. The first kappa shape index (κ1) is 14.6. The fourth-order valence-electron chi connectivity index (χ4n) is 4.21.